The van der Waals surface area contributed by atoms with Crippen molar-refractivity contribution >= 4 is 6.03 Å². The average molecular weight is 325 g/mol. The number of benzene rings is 1. The molecule has 1 aromatic heterocycles. The summed E-state index contributed by atoms with van der Waals surface area (Å²) in [7, 11) is 1.82. The fourth-order valence-electron chi connectivity index (χ4n) is 3.84. The second-order valence-corrected chi connectivity index (χ2v) is 6.83. The van der Waals surface area contributed by atoms with E-state index in [1.807, 2.05) is 13.1 Å². The summed E-state index contributed by atoms with van der Waals surface area (Å²) < 4.78 is 5.44. The molecule has 5 heteroatoms. The molecule has 2 aliphatic carbocycles. The van der Waals surface area contributed by atoms with Gasteiger partial charge >= 0.3 is 6.03 Å². The number of fused-ring (bicyclic) bond motifs is 2. The molecule has 0 spiro atoms. The SMILES string of the molecule is CN(Cc1noc2c1CCCC2)C(=O)N[C@@H]1CCc2ccccc21. The molecule has 1 heterocycles. The Labute approximate surface area is 142 Å². The number of rotatable bonds is 3. The van der Waals surface area contributed by atoms with Crippen molar-refractivity contribution in [2.45, 2.75) is 51.1 Å². The summed E-state index contributed by atoms with van der Waals surface area (Å²) in [6, 6.07) is 8.41. The van der Waals surface area contributed by atoms with Gasteiger partial charge in [-0.3, -0.25) is 0 Å². The molecule has 2 amide bonds. The van der Waals surface area contributed by atoms with E-state index in [0.29, 0.717) is 6.54 Å². The van der Waals surface area contributed by atoms with E-state index in [1.54, 1.807) is 4.90 Å². The predicted octanol–water partition coefficient (Wildman–Crippen LogP) is 3.38. The fraction of sp³-hybridized carbons (Fsp3) is 0.474. The fourth-order valence-corrected chi connectivity index (χ4v) is 3.84. The molecule has 0 radical (unpaired) electrons. The quantitative estimate of drug-likeness (QED) is 0.941. The van der Waals surface area contributed by atoms with Crippen LogP contribution >= 0.6 is 0 Å². The monoisotopic (exact) mass is 325 g/mol. The molecule has 1 atom stereocenters. The van der Waals surface area contributed by atoms with Crippen molar-refractivity contribution in [1.29, 1.82) is 0 Å². The van der Waals surface area contributed by atoms with E-state index in [4.69, 9.17) is 4.52 Å². The number of hydrogen-bond donors (Lipinski definition) is 1. The van der Waals surface area contributed by atoms with E-state index in [2.05, 4.69) is 28.7 Å². The van der Waals surface area contributed by atoms with Gasteiger partial charge in [0.2, 0.25) is 0 Å². The lowest BCUT2D eigenvalue weighted by Crippen LogP contribution is -2.38. The predicted molar refractivity (Wildman–Crippen MR) is 90.6 cm³/mol. The van der Waals surface area contributed by atoms with Gasteiger partial charge in [-0.25, -0.2) is 4.79 Å². The van der Waals surface area contributed by atoms with Gasteiger partial charge in [-0.2, -0.15) is 0 Å². The molecule has 0 fully saturated rings. The largest absolute Gasteiger partial charge is 0.361 e. The Morgan fingerprint density at radius 2 is 2.12 bits per heavy atom. The molecule has 0 bridgehead atoms. The summed E-state index contributed by atoms with van der Waals surface area (Å²) in [6.45, 7) is 0.499. The van der Waals surface area contributed by atoms with Gasteiger partial charge < -0.3 is 14.7 Å². The van der Waals surface area contributed by atoms with Crippen molar-refractivity contribution in [3.05, 3.63) is 52.4 Å². The standard InChI is InChI=1S/C19H23N3O2/c1-22(12-17-15-8-4-5-9-18(15)24-21-17)19(23)20-16-11-10-13-6-2-3-7-14(13)16/h2-3,6-7,16H,4-5,8-12H2,1H3,(H,20,23)/t16-/m1/s1. The van der Waals surface area contributed by atoms with E-state index in [0.717, 1.165) is 37.1 Å². The average Bonchev–Trinajstić information content (AvgIpc) is 3.20. The Morgan fingerprint density at radius 3 is 3.04 bits per heavy atom. The molecular weight excluding hydrogens is 302 g/mol. The summed E-state index contributed by atoms with van der Waals surface area (Å²) in [5.41, 5.74) is 4.72. The first-order valence-electron chi connectivity index (χ1n) is 8.78. The molecule has 0 saturated heterocycles. The van der Waals surface area contributed by atoms with E-state index in [-0.39, 0.29) is 12.1 Å². The third-order valence-corrected chi connectivity index (χ3v) is 5.20. The number of urea groups is 1. The van der Waals surface area contributed by atoms with Gasteiger partial charge in [-0.1, -0.05) is 29.4 Å². The number of nitrogens with zero attached hydrogens (tertiary/aromatic N) is 2. The molecule has 2 aliphatic rings. The number of nitrogens with one attached hydrogen (secondary N) is 1. The first-order valence-corrected chi connectivity index (χ1v) is 8.78. The van der Waals surface area contributed by atoms with Crippen LogP contribution in [0.15, 0.2) is 28.8 Å². The van der Waals surface area contributed by atoms with Crippen LogP contribution in [0.2, 0.25) is 0 Å². The van der Waals surface area contributed by atoms with Gasteiger partial charge in [0.1, 0.15) is 11.5 Å². The van der Waals surface area contributed by atoms with Gasteiger partial charge in [0.15, 0.2) is 0 Å². The maximum absolute atomic E-state index is 12.6. The Morgan fingerprint density at radius 1 is 1.29 bits per heavy atom. The first kappa shape index (κ1) is 15.2. The van der Waals surface area contributed by atoms with E-state index >= 15 is 0 Å². The highest BCUT2D eigenvalue weighted by molar-refractivity contribution is 5.74. The number of aromatic nitrogens is 1. The van der Waals surface area contributed by atoms with E-state index < -0.39 is 0 Å². The zero-order valence-electron chi connectivity index (χ0n) is 14.0. The van der Waals surface area contributed by atoms with Crippen LogP contribution in [0.3, 0.4) is 0 Å². The second-order valence-electron chi connectivity index (χ2n) is 6.83. The molecule has 4 rings (SSSR count). The summed E-state index contributed by atoms with van der Waals surface area (Å²) in [5, 5.41) is 7.35. The van der Waals surface area contributed by atoms with Gasteiger partial charge in [0.05, 0.1) is 12.6 Å². The van der Waals surface area contributed by atoms with Crippen molar-refractivity contribution < 1.29 is 9.32 Å². The maximum atomic E-state index is 12.6. The molecule has 0 unspecified atom stereocenters. The Bertz CT molecular complexity index is 753. The lowest BCUT2D eigenvalue weighted by atomic mass is 9.96. The number of amides is 2. The number of hydrogen-bond acceptors (Lipinski definition) is 3. The van der Waals surface area contributed by atoms with Crippen molar-refractivity contribution in [2.24, 2.45) is 0 Å². The van der Waals surface area contributed by atoms with Crippen LogP contribution < -0.4 is 5.32 Å². The second kappa shape index (κ2) is 6.30. The topological polar surface area (TPSA) is 58.4 Å². The van der Waals surface area contributed by atoms with E-state index in [1.165, 1.54) is 29.5 Å². The van der Waals surface area contributed by atoms with Crippen molar-refractivity contribution in [1.82, 2.24) is 15.4 Å². The molecule has 126 valence electrons. The molecule has 1 aromatic carbocycles. The Kier molecular flexibility index (Phi) is 4.00. The van der Waals surface area contributed by atoms with Gasteiger partial charge in [0.25, 0.3) is 0 Å². The minimum atomic E-state index is -0.0516. The number of carbonyl (C=O) groups excluding carboxylic acids is 1. The minimum absolute atomic E-state index is 0.0516. The number of aryl methyl sites for hydroxylation is 2. The molecule has 2 aromatic rings. The lowest BCUT2D eigenvalue weighted by Gasteiger charge is -2.21. The third-order valence-electron chi connectivity index (χ3n) is 5.20. The van der Waals surface area contributed by atoms with Gasteiger partial charge in [-0.15, -0.1) is 0 Å². The summed E-state index contributed by atoms with van der Waals surface area (Å²) in [5.74, 6) is 1.01. The van der Waals surface area contributed by atoms with Crippen LogP contribution in [0.5, 0.6) is 0 Å². The Hall–Kier alpha value is -2.30. The van der Waals surface area contributed by atoms with Crippen LogP contribution in [0.4, 0.5) is 4.79 Å². The van der Waals surface area contributed by atoms with Crippen molar-refractivity contribution in [2.75, 3.05) is 7.05 Å². The van der Waals surface area contributed by atoms with Crippen LogP contribution in [0.1, 0.15) is 53.4 Å². The molecule has 1 N–H and O–H groups in total. The first-order chi connectivity index (χ1) is 11.7. The van der Waals surface area contributed by atoms with Crippen LogP contribution in [0.25, 0.3) is 0 Å². The number of carbonyl (C=O) groups is 1. The maximum Gasteiger partial charge on any atom is 0.317 e. The molecule has 24 heavy (non-hydrogen) atoms. The van der Waals surface area contributed by atoms with E-state index in [9.17, 15) is 4.79 Å². The summed E-state index contributed by atoms with van der Waals surface area (Å²) in [4.78, 5) is 14.3. The summed E-state index contributed by atoms with van der Waals surface area (Å²) >= 11 is 0. The highest BCUT2D eigenvalue weighted by Crippen LogP contribution is 2.31. The van der Waals surface area contributed by atoms with Crippen molar-refractivity contribution in [3.8, 4) is 0 Å². The molecule has 0 aliphatic heterocycles. The van der Waals surface area contributed by atoms with Crippen molar-refractivity contribution in [3.63, 3.8) is 0 Å². The van der Waals surface area contributed by atoms with Gasteiger partial charge in [-0.05, 0) is 43.2 Å². The molecule has 5 nitrogen and oxygen atoms in total. The Balaban J connectivity index is 1.41. The van der Waals surface area contributed by atoms with Crippen LogP contribution in [-0.4, -0.2) is 23.1 Å². The van der Waals surface area contributed by atoms with Crippen LogP contribution in [0, 0.1) is 0 Å². The van der Waals surface area contributed by atoms with Gasteiger partial charge in [0, 0.05) is 19.0 Å². The highest BCUT2D eigenvalue weighted by atomic mass is 16.5. The zero-order valence-corrected chi connectivity index (χ0v) is 14.0. The normalized spacial score (nSPS) is 18.8. The zero-order chi connectivity index (χ0) is 16.5. The molecule has 0 saturated carbocycles. The highest BCUT2D eigenvalue weighted by Gasteiger charge is 2.26. The molecular formula is C19H23N3O2. The minimum Gasteiger partial charge on any atom is -0.361 e. The smallest absolute Gasteiger partial charge is 0.317 e. The summed E-state index contributed by atoms with van der Waals surface area (Å²) in [6.07, 6.45) is 6.33. The third kappa shape index (κ3) is 2.79. The van der Waals surface area contributed by atoms with Crippen LogP contribution in [-0.2, 0) is 25.8 Å². The lowest BCUT2D eigenvalue weighted by molar-refractivity contribution is 0.201.